The van der Waals surface area contributed by atoms with Crippen LogP contribution in [-0.2, 0) is 0 Å². The van der Waals surface area contributed by atoms with Gasteiger partial charge in [-0.3, -0.25) is 4.90 Å². The standard InChI is InChI=1S/C17H35N3O/c1-5-17(6-2,12-18-14-7-8-14)13-20-11-16(21)9-15(20)10-19(3)4/h14-16,18,21H,5-13H2,1-4H3. The largest absolute Gasteiger partial charge is 0.392 e. The summed E-state index contributed by atoms with van der Waals surface area (Å²) >= 11 is 0. The number of likely N-dealkylation sites (tertiary alicyclic amines) is 1. The molecule has 0 radical (unpaired) electrons. The summed E-state index contributed by atoms with van der Waals surface area (Å²) in [6.45, 7) is 8.80. The van der Waals surface area contributed by atoms with Crippen LogP contribution < -0.4 is 5.32 Å². The topological polar surface area (TPSA) is 38.7 Å². The predicted molar refractivity (Wildman–Crippen MR) is 88.6 cm³/mol. The molecule has 0 amide bonds. The molecule has 124 valence electrons. The molecule has 1 saturated carbocycles. The molecule has 0 aromatic heterocycles. The van der Waals surface area contributed by atoms with Gasteiger partial charge in [0.1, 0.15) is 0 Å². The molecule has 1 aliphatic heterocycles. The summed E-state index contributed by atoms with van der Waals surface area (Å²) in [6.07, 6.45) is 5.93. The van der Waals surface area contributed by atoms with Gasteiger partial charge in [-0.2, -0.15) is 0 Å². The second-order valence-corrected chi connectivity index (χ2v) is 7.60. The molecular weight excluding hydrogens is 262 g/mol. The molecule has 1 heterocycles. The maximum atomic E-state index is 10.1. The van der Waals surface area contributed by atoms with Crippen LogP contribution >= 0.6 is 0 Å². The van der Waals surface area contributed by atoms with Crippen molar-refractivity contribution in [2.45, 2.75) is 64.1 Å². The van der Waals surface area contributed by atoms with Crippen molar-refractivity contribution >= 4 is 0 Å². The van der Waals surface area contributed by atoms with Crippen LogP contribution in [0.5, 0.6) is 0 Å². The van der Waals surface area contributed by atoms with Crippen molar-refractivity contribution in [3.63, 3.8) is 0 Å². The Morgan fingerprint density at radius 2 is 1.90 bits per heavy atom. The Morgan fingerprint density at radius 3 is 2.43 bits per heavy atom. The number of rotatable bonds is 9. The van der Waals surface area contributed by atoms with Gasteiger partial charge in [0.05, 0.1) is 6.10 Å². The lowest BCUT2D eigenvalue weighted by molar-refractivity contribution is 0.104. The predicted octanol–water partition coefficient (Wildman–Crippen LogP) is 1.54. The number of hydrogen-bond donors (Lipinski definition) is 2. The monoisotopic (exact) mass is 297 g/mol. The highest BCUT2D eigenvalue weighted by molar-refractivity contribution is 4.93. The van der Waals surface area contributed by atoms with Crippen molar-refractivity contribution < 1.29 is 5.11 Å². The molecule has 0 bridgehead atoms. The first kappa shape index (κ1) is 17.2. The number of hydrogen-bond acceptors (Lipinski definition) is 4. The van der Waals surface area contributed by atoms with Crippen LogP contribution in [0.25, 0.3) is 0 Å². The SMILES string of the molecule is CCC(CC)(CNC1CC1)CN1CC(O)CC1CN(C)C. The van der Waals surface area contributed by atoms with E-state index in [0.29, 0.717) is 11.5 Å². The second-order valence-electron chi connectivity index (χ2n) is 7.60. The first-order valence-corrected chi connectivity index (χ1v) is 8.78. The number of likely N-dealkylation sites (N-methyl/N-ethyl adjacent to an activating group) is 1. The zero-order valence-corrected chi connectivity index (χ0v) is 14.4. The van der Waals surface area contributed by atoms with Crippen molar-refractivity contribution in [3.8, 4) is 0 Å². The van der Waals surface area contributed by atoms with Gasteiger partial charge in [0, 0.05) is 38.3 Å². The number of β-amino-alcohol motifs (C(OH)–C–C–N with tert-alkyl or cyclic N) is 1. The van der Waals surface area contributed by atoms with Gasteiger partial charge >= 0.3 is 0 Å². The van der Waals surface area contributed by atoms with Crippen molar-refractivity contribution in [2.24, 2.45) is 5.41 Å². The average Bonchev–Trinajstić information content (AvgIpc) is 3.20. The molecule has 0 spiro atoms. The molecule has 4 nitrogen and oxygen atoms in total. The Balaban J connectivity index is 1.95. The molecule has 2 N–H and O–H groups in total. The molecule has 1 saturated heterocycles. The summed E-state index contributed by atoms with van der Waals surface area (Å²) < 4.78 is 0. The zero-order valence-electron chi connectivity index (χ0n) is 14.4. The molecular formula is C17H35N3O. The normalized spacial score (nSPS) is 27.7. The minimum absolute atomic E-state index is 0.141. The van der Waals surface area contributed by atoms with Gasteiger partial charge in [0.15, 0.2) is 0 Å². The van der Waals surface area contributed by atoms with Gasteiger partial charge < -0.3 is 15.3 Å². The van der Waals surface area contributed by atoms with Crippen LogP contribution in [0.2, 0.25) is 0 Å². The highest BCUT2D eigenvalue weighted by atomic mass is 16.3. The van der Waals surface area contributed by atoms with E-state index in [1.807, 2.05) is 0 Å². The Morgan fingerprint density at radius 1 is 1.24 bits per heavy atom. The third kappa shape index (κ3) is 4.92. The molecule has 2 aliphatic rings. The third-order valence-corrected chi connectivity index (χ3v) is 5.46. The number of nitrogens with zero attached hydrogens (tertiary/aromatic N) is 2. The van der Waals surface area contributed by atoms with E-state index < -0.39 is 0 Å². The van der Waals surface area contributed by atoms with Crippen molar-refractivity contribution in [2.75, 3.05) is 40.3 Å². The fourth-order valence-corrected chi connectivity index (χ4v) is 3.62. The summed E-state index contributed by atoms with van der Waals surface area (Å²) in [5.74, 6) is 0. The Labute approximate surface area is 130 Å². The van der Waals surface area contributed by atoms with E-state index in [9.17, 15) is 5.11 Å². The fraction of sp³-hybridized carbons (Fsp3) is 1.00. The van der Waals surface area contributed by atoms with Gasteiger partial charge in [0.2, 0.25) is 0 Å². The minimum atomic E-state index is -0.141. The second kappa shape index (κ2) is 7.40. The summed E-state index contributed by atoms with van der Waals surface area (Å²) in [6, 6.07) is 1.29. The van der Waals surface area contributed by atoms with E-state index in [1.165, 1.54) is 25.7 Å². The highest BCUT2D eigenvalue weighted by Gasteiger charge is 2.37. The van der Waals surface area contributed by atoms with E-state index in [1.54, 1.807) is 0 Å². The fourth-order valence-electron chi connectivity index (χ4n) is 3.62. The summed E-state index contributed by atoms with van der Waals surface area (Å²) in [5.41, 5.74) is 0.358. The van der Waals surface area contributed by atoms with Crippen LogP contribution in [0.4, 0.5) is 0 Å². The molecule has 1 aliphatic carbocycles. The number of nitrogens with one attached hydrogen (secondary N) is 1. The summed E-state index contributed by atoms with van der Waals surface area (Å²) in [4.78, 5) is 4.80. The average molecular weight is 297 g/mol. The van der Waals surface area contributed by atoms with E-state index in [-0.39, 0.29) is 6.10 Å². The van der Waals surface area contributed by atoms with Gasteiger partial charge in [-0.1, -0.05) is 13.8 Å². The van der Waals surface area contributed by atoms with E-state index in [0.717, 1.165) is 38.6 Å². The lowest BCUT2D eigenvalue weighted by Crippen LogP contribution is -2.47. The van der Waals surface area contributed by atoms with Crippen LogP contribution in [0.15, 0.2) is 0 Å². The Hall–Kier alpha value is -0.160. The van der Waals surface area contributed by atoms with Crippen LogP contribution in [-0.4, -0.2) is 73.4 Å². The lowest BCUT2D eigenvalue weighted by Gasteiger charge is -2.39. The third-order valence-electron chi connectivity index (χ3n) is 5.46. The van der Waals surface area contributed by atoms with E-state index in [2.05, 4.69) is 43.1 Å². The quantitative estimate of drug-likeness (QED) is 0.677. The van der Waals surface area contributed by atoms with Gasteiger partial charge in [-0.05, 0) is 51.6 Å². The zero-order chi connectivity index (χ0) is 15.5. The van der Waals surface area contributed by atoms with E-state index >= 15 is 0 Å². The van der Waals surface area contributed by atoms with Crippen molar-refractivity contribution in [1.29, 1.82) is 0 Å². The minimum Gasteiger partial charge on any atom is -0.392 e. The molecule has 2 rings (SSSR count). The highest BCUT2D eigenvalue weighted by Crippen LogP contribution is 2.32. The molecule has 0 aromatic rings. The van der Waals surface area contributed by atoms with E-state index in [4.69, 9.17) is 0 Å². The molecule has 2 atom stereocenters. The van der Waals surface area contributed by atoms with Crippen LogP contribution in [0, 0.1) is 5.41 Å². The number of aliphatic hydroxyl groups is 1. The molecule has 21 heavy (non-hydrogen) atoms. The van der Waals surface area contributed by atoms with Gasteiger partial charge in [-0.25, -0.2) is 0 Å². The smallest absolute Gasteiger partial charge is 0.0682 e. The molecule has 0 aromatic carbocycles. The Bertz CT molecular complexity index is 313. The molecule has 2 fully saturated rings. The molecule has 4 heteroatoms. The van der Waals surface area contributed by atoms with Gasteiger partial charge in [-0.15, -0.1) is 0 Å². The first-order valence-electron chi connectivity index (χ1n) is 8.78. The van der Waals surface area contributed by atoms with Crippen molar-refractivity contribution in [3.05, 3.63) is 0 Å². The number of aliphatic hydroxyl groups excluding tert-OH is 1. The summed E-state index contributed by atoms with van der Waals surface area (Å²) in [5, 5.41) is 13.8. The first-order chi connectivity index (χ1) is 9.98. The lowest BCUT2D eigenvalue weighted by atomic mass is 9.81. The van der Waals surface area contributed by atoms with Crippen molar-refractivity contribution in [1.82, 2.24) is 15.1 Å². The maximum Gasteiger partial charge on any atom is 0.0682 e. The molecule has 2 unspecified atom stereocenters. The Kier molecular flexibility index (Phi) is 6.06. The van der Waals surface area contributed by atoms with Crippen LogP contribution in [0.3, 0.4) is 0 Å². The van der Waals surface area contributed by atoms with Crippen LogP contribution in [0.1, 0.15) is 46.0 Å². The summed E-state index contributed by atoms with van der Waals surface area (Å²) in [7, 11) is 4.26. The van der Waals surface area contributed by atoms with Gasteiger partial charge in [0.25, 0.3) is 0 Å². The maximum absolute atomic E-state index is 10.1.